The average Bonchev–Trinajstić information content (AvgIpc) is 3.32. The van der Waals surface area contributed by atoms with E-state index in [1.807, 2.05) is 23.1 Å². The van der Waals surface area contributed by atoms with Crippen LogP contribution in [0.3, 0.4) is 0 Å². The standard InChI is InChI=1S/C36H37F3N4O4/c1-21-6-8-28(23(3)14-21)25-7-9-32(45-5)29(18-25)30-19-40-34(42-10-12-46-13-11-42)41-31(30)20-43-24(4)33(47-35(43)44)26-15-22(2)16-27(17-26)36(37,38)39/h6-9,14-19,24,33H,10-13,20H2,1-5H3/t24-,33-/m0/s1. The van der Waals surface area contributed by atoms with Crippen molar-refractivity contribution in [1.29, 1.82) is 0 Å². The third-order valence-electron chi connectivity index (χ3n) is 8.80. The van der Waals surface area contributed by atoms with Crippen LogP contribution in [0, 0.1) is 20.8 Å². The molecule has 0 N–H and O–H groups in total. The molecule has 2 aliphatic heterocycles. The first-order valence-electron chi connectivity index (χ1n) is 15.5. The van der Waals surface area contributed by atoms with Crippen LogP contribution in [0.1, 0.15) is 46.5 Å². The number of hydrogen-bond acceptors (Lipinski definition) is 7. The Kier molecular flexibility index (Phi) is 8.84. The molecule has 0 spiro atoms. The molecule has 2 saturated heterocycles. The van der Waals surface area contributed by atoms with Crippen LogP contribution >= 0.6 is 0 Å². The third kappa shape index (κ3) is 6.62. The number of cyclic esters (lactones) is 1. The first kappa shape index (κ1) is 32.3. The summed E-state index contributed by atoms with van der Waals surface area (Å²) in [6.45, 7) is 9.85. The Labute approximate surface area is 272 Å². The average molecular weight is 647 g/mol. The van der Waals surface area contributed by atoms with E-state index in [9.17, 15) is 18.0 Å². The number of aromatic nitrogens is 2. The Bertz CT molecular complexity index is 1810. The van der Waals surface area contributed by atoms with E-state index < -0.39 is 30.0 Å². The Morgan fingerprint density at radius 1 is 0.936 bits per heavy atom. The number of hydrogen-bond donors (Lipinski definition) is 0. The molecule has 1 amide bonds. The lowest BCUT2D eigenvalue weighted by Gasteiger charge is -2.28. The van der Waals surface area contributed by atoms with Crippen molar-refractivity contribution < 1.29 is 32.2 Å². The predicted molar refractivity (Wildman–Crippen MR) is 172 cm³/mol. The molecule has 6 rings (SSSR count). The van der Waals surface area contributed by atoms with Crippen LogP contribution in [0.5, 0.6) is 5.75 Å². The van der Waals surface area contributed by atoms with Crippen molar-refractivity contribution in [2.45, 2.75) is 52.6 Å². The largest absolute Gasteiger partial charge is 0.496 e. The molecule has 246 valence electrons. The van der Waals surface area contributed by atoms with E-state index in [1.54, 1.807) is 33.2 Å². The molecule has 11 heteroatoms. The summed E-state index contributed by atoms with van der Waals surface area (Å²) in [5.74, 6) is 1.11. The van der Waals surface area contributed by atoms with Crippen molar-refractivity contribution in [3.63, 3.8) is 0 Å². The zero-order chi connectivity index (χ0) is 33.5. The minimum Gasteiger partial charge on any atom is -0.496 e. The minimum atomic E-state index is -4.53. The second kappa shape index (κ2) is 12.9. The maximum absolute atomic E-state index is 13.7. The molecular formula is C36H37F3N4O4. The summed E-state index contributed by atoms with van der Waals surface area (Å²) in [7, 11) is 1.60. The number of benzene rings is 3. The van der Waals surface area contributed by atoms with Crippen LogP contribution in [0.2, 0.25) is 0 Å². The van der Waals surface area contributed by atoms with Crippen LogP contribution in [0.25, 0.3) is 22.3 Å². The summed E-state index contributed by atoms with van der Waals surface area (Å²) in [5.41, 5.74) is 6.27. The number of alkyl halides is 3. The van der Waals surface area contributed by atoms with Gasteiger partial charge in [-0.05, 0) is 74.2 Å². The second-order valence-corrected chi connectivity index (χ2v) is 12.2. The monoisotopic (exact) mass is 646 g/mol. The van der Waals surface area contributed by atoms with Gasteiger partial charge in [-0.25, -0.2) is 14.8 Å². The van der Waals surface area contributed by atoms with Gasteiger partial charge in [-0.3, -0.25) is 4.90 Å². The topological polar surface area (TPSA) is 77.0 Å². The summed E-state index contributed by atoms with van der Waals surface area (Å²) < 4.78 is 58.0. The molecule has 4 aromatic rings. The SMILES string of the molecule is COc1ccc(-c2ccc(C)cc2C)cc1-c1cnc(N2CCOCC2)nc1CN1C(=O)O[C@H](c2cc(C)cc(C(F)(F)F)c2)[C@@H]1C. The van der Waals surface area contributed by atoms with Gasteiger partial charge in [-0.1, -0.05) is 41.5 Å². The van der Waals surface area contributed by atoms with Gasteiger partial charge >= 0.3 is 12.3 Å². The molecular weight excluding hydrogens is 609 g/mol. The van der Waals surface area contributed by atoms with Crippen LogP contribution in [0.15, 0.2) is 60.8 Å². The van der Waals surface area contributed by atoms with Crippen LogP contribution < -0.4 is 9.64 Å². The minimum absolute atomic E-state index is 0.0422. The lowest BCUT2D eigenvalue weighted by Crippen LogP contribution is -2.38. The van der Waals surface area contributed by atoms with Crippen LogP contribution in [-0.2, 0) is 22.2 Å². The van der Waals surface area contributed by atoms with Crippen molar-refractivity contribution >= 4 is 12.0 Å². The number of nitrogens with zero attached hydrogens (tertiary/aromatic N) is 4. The highest BCUT2D eigenvalue weighted by Crippen LogP contribution is 2.40. The lowest BCUT2D eigenvalue weighted by molar-refractivity contribution is -0.137. The Hall–Kier alpha value is -4.64. The molecule has 0 unspecified atom stereocenters. The molecule has 47 heavy (non-hydrogen) atoms. The summed E-state index contributed by atoms with van der Waals surface area (Å²) in [5, 5.41) is 0. The van der Waals surface area contributed by atoms with Crippen LogP contribution in [-0.4, -0.2) is 60.4 Å². The molecule has 0 radical (unpaired) electrons. The highest BCUT2D eigenvalue weighted by atomic mass is 19.4. The van der Waals surface area contributed by atoms with Gasteiger partial charge in [0.1, 0.15) is 11.9 Å². The van der Waals surface area contributed by atoms with E-state index in [2.05, 4.69) is 32.0 Å². The highest BCUT2D eigenvalue weighted by Gasteiger charge is 2.42. The molecule has 2 atom stereocenters. The molecule has 1 aromatic heterocycles. The maximum atomic E-state index is 13.7. The number of anilines is 1. The van der Waals surface area contributed by atoms with E-state index in [4.69, 9.17) is 24.2 Å². The van der Waals surface area contributed by atoms with Gasteiger partial charge in [0.15, 0.2) is 0 Å². The van der Waals surface area contributed by atoms with Gasteiger partial charge < -0.3 is 19.1 Å². The van der Waals surface area contributed by atoms with Gasteiger partial charge in [0.05, 0.1) is 44.2 Å². The van der Waals surface area contributed by atoms with Crippen molar-refractivity contribution in [1.82, 2.24) is 14.9 Å². The number of morpholine rings is 1. The maximum Gasteiger partial charge on any atom is 0.416 e. The summed E-state index contributed by atoms with van der Waals surface area (Å²) in [4.78, 5) is 26.6. The van der Waals surface area contributed by atoms with Gasteiger partial charge in [0.2, 0.25) is 5.95 Å². The smallest absolute Gasteiger partial charge is 0.416 e. The molecule has 0 bridgehead atoms. The molecule has 3 heterocycles. The Morgan fingerprint density at radius 2 is 1.70 bits per heavy atom. The van der Waals surface area contributed by atoms with E-state index in [0.717, 1.165) is 34.4 Å². The number of ether oxygens (including phenoxy) is 3. The molecule has 0 aliphatic carbocycles. The van der Waals surface area contributed by atoms with Crippen molar-refractivity contribution in [3.8, 4) is 28.0 Å². The van der Waals surface area contributed by atoms with Crippen LogP contribution in [0.4, 0.5) is 23.9 Å². The number of aryl methyl sites for hydroxylation is 3. The predicted octanol–water partition coefficient (Wildman–Crippen LogP) is 7.68. The number of amides is 1. The Balaban J connectivity index is 1.41. The highest BCUT2D eigenvalue weighted by molar-refractivity contribution is 5.80. The van der Waals surface area contributed by atoms with Gasteiger partial charge in [-0.15, -0.1) is 0 Å². The number of halogens is 3. The number of carbonyl (C=O) groups excluding carboxylic acids is 1. The normalized spacial score (nSPS) is 18.4. The van der Waals surface area contributed by atoms with Crippen molar-refractivity contribution in [2.75, 3.05) is 38.3 Å². The first-order chi connectivity index (χ1) is 22.4. The van der Waals surface area contributed by atoms with E-state index in [0.29, 0.717) is 60.4 Å². The van der Waals surface area contributed by atoms with Gasteiger partial charge in [-0.2, -0.15) is 13.2 Å². The second-order valence-electron chi connectivity index (χ2n) is 12.2. The molecule has 2 aliphatic rings. The fraction of sp³-hybridized carbons (Fsp3) is 0.361. The van der Waals surface area contributed by atoms with E-state index in [1.165, 1.54) is 10.5 Å². The first-order valence-corrected chi connectivity index (χ1v) is 15.5. The number of carbonyl (C=O) groups is 1. The lowest BCUT2D eigenvalue weighted by atomic mass is 9.94. The number of rotatable bonds is 7. The number of methoxy groups -OCH3 is 1. The van der Waals surface area contributed by atoms with Crippen molar-refractivity contribution in [3.05, 3.63) is 94.3 Å². The van der Waals surface area contributed by atoms with E-state index >= 15 is 0 Å². The summed E-state index contributed by atoms with van der Waals surface area (Å²) in [6.07, 6.45) is -4.31. The summed E-state index contributed by atoms with van der Waals surface area (Å²) in [6, 6.07) is 15.4. The molecule has 3 aromatic carbocycles. The quantitative estimate of drug-likeness (QED) is 0.204. The third-order valence-corrected chi connectivity index (χ3v) is 8.80. The molecule has 0 saturated carbocycles. The fourth-order valence-corrected chi connectivity index (χ4v) is 6.35. The fourth-order valence-electron chi connectivity index (χ4n) is 6.35. The zero-order valence-corrected chi connectivity index (χ0v) is 27.0. The van der Waals surface area contributed by atoms with Gasteiger partial charge in [0, 0.05) is 30.4 Å². The molecule has 2 fully saturated rings. The van der Waals surface area contributed by atoms with Crippen molar-refractivity contribution in [2.24, 2.45) is 0 Å². The summed E-state index contributed by atoms with van der Waals surface area (Å²) >= 11 is 0. The van der Waals surface area contributed by atoms with Gasteiger partial charge in [0.25, 0.3) is 0 Å². The molecule has 8 nitrogen and oxygen atoms in total. The Morgan fingerprint density at radius 3 is 2.40 bits per heavy atom. The van der Waals surface area contributed by atoms with E-state index in [-0.39, 0.29) is 6.54 Å². The zero-order valence-electron chi connectivity index (χ0n) is 27.0.